The second-order valence-corrected chi connectivity index (χ2v) is 8.92. The zero-order chi connectivity index (χ0) is 23.4. The van der Waals surface area contributed by atoms with Gasteiger partial charge in [0.25, 0.3) is 5.91 Å². The van der Waals surface area contributed by atoms with Crippen molar-refractivity contribution in [2.45, 2.75) is 26.4 Å². The molecule has 2 heterocycles. The van der Waals surface area contributed by atoms with Crippen LogP contribution in [0.3, 0.4) is 0 Å². The predicted octanol–water partition coefficient (Wildman–Crippen LogP) is 2.70. The fourth-order valence-corrected chi connectivity index (χ4v) is 4.45. The van der Waals surface area contributed by atoms with E-state index in [9.17, 15) is 14.9 Å². The lowest BCUT2D eigenvalue weighted by Crippen LogP contribution is -2.55. The highest BCUT2D eigenvalue weighted by Gasteiger charge is 2.33. The summed E-state index contributed by atoms with van der Waals surface area (Å²) in [6.07, 6.45) is 0.240. The molecule has 0 radical (unpaired) electrons. The molecule has 1 unspecified atom stereocenters. The van der Waals surface area contributed by atoms with Crippen molar-refractivity contribution in [2.24, 2.45) is 5.92 Å². The minimum atomic E-state index is -0.659. The van der Waals surface area contributed by atoms with E-state index in [-0.39, 0.29) is 17.7 Å². The van der Waals surface area contributed by atoms with E-state index in [2.05, 4.69) is 17.0 Å². The van der Waals surface area contributed by atoms with Crippen molar-refractivity contribution in [3.05, 3.63) is 59.7 Å². The van der Waals surface area contributed by atoms with E-state index < -0.39 is 6.10 Å². The number of benzene rings is 2. The van der Waals surface area contributed by atoms with Crippen LogP contribution < -0.4 is 9.64 Å². The first-order chi connectivity index (χ1) is 16.0. The molecule has 7 heteroatoms. The lowest BCUT2D eigenvalue weighted by molar-refractivity contribution is -0.142. The van der Waals surface area contributed by atoms with Crippen LogP contribution in [0.2, 0.25) is 0 Å². The van der Waals surface area contributed by atoms with Gasteiger partial charge in [-0.2, -0.15) is 5.26 Å². The van der Waals surface area contributed by atoms with Crippen LogP contribution in [0, 0.1) is 17.2 Å². The van der Waals surface area contributed by atoms with Gasteiger partial charge in [0, 0.05) is 38.4 Å². The molecule has 33 heavy (non-hydrogen) atoms. The van der Waals surface area contributed by atoms with Crippen LogP contribution in [-0.2, 0) is 16.0 Å². The third kappa shape index (κ3) is 5.01. The molecule has 7 nitrogen and oxygen atoms in total. The molecule has 0 aromatic heterocycles. The van der Waals surface area contributed by atoms with Crippen molar-refractivity contribution in [1.82, 2.24) is 9.80 Å². The van der Waals surface area contributed by atoms with E-state index in [0.717, 1.165) is 18.7 Å². The zero-order valence-corrected chi connectivity index (χ0v) is 19.2. The van der Waals surface area contributed by atoms with Gasteiger partial charge in [-0.3, -0.25) is 14.5 Å². The molecule has 2 aromatic carbocycles. The number of nitriles is 1. The standard InChI is InChI=1S/C26H30N4O3/c1-19(2)25(33-23-10-6-4-8-21(23)17-27)26(32)29-15-13-28(14-16-29)18-24(31)30-12-11-20-7-3-5-9-22(20)30/h3-10,19,25H,11-16,18H2,1-2H3. The van der Waals surface area contributed by atoms with Gasteiger partial charge in [-0.05, 0) is 36.1 Å². The van der Waals surface area contributed by atoms with Crippen LogP contribution in [0.5, 0.6) is 5.75 Å². The van der Waals surface area contributed by atoms with Crippen LogP contribution in [0.15, 0.2) is 48.5 Å². The summed E-state index contributed by atoms with van der Waals surface area (Å²) in [5.41, 5.74) is 2.66. The summed E-state index contributed by atoms with van der Waals surface area (Å²) < 4.78 is 6.02. The average Bonchev–Trinajstić information content (AvgIpc) is 3.27. The number of fused-ring (bicyclic) bond motifs is 1. The molecule has 0 saturated carbocycles. The summed E-state index contributed by atoms with van der Waals surface area (Å²) in [5, 5.41) is 9.33. The van der Waals surface area contributed by atoms with Gasteiger partial charge in [0.2, 0.25) is 5.91 Å². The molecule has 0 aliphatic carbocycles. The molecule has 0 bridgehead atoms. The Bertz CT molecular complexity index is 1050. The van der Waals surface area contributed by atoms with Crippen molar-refractivity contribution < 1.29 is 14.3 Å². The molecule has 2 aliphatic rings. The summed E-state index contributed by atoms with van der Waals surface area (Å²) in [7, 11) is 0. The van der Waals surface area contributed by atoms with Crippen LogP contribution >= 0.6 is 0 Å². The monoisotopic (exact) mass is 446 g/mol. The molecular formula is C26H30N4O3. The highest BCUT2D eigenvalue weighted by Crippen LogP contribution is 2.27. The highest BCUT2D eigenvalue weighted by atomic mass is 16.5. The zero-order valence-electron chi connectivity index (χ0n) is 19.2. The van der Waals surface area contributed by atoms with Crippen LogP contribution in [0.25, 0.3) is 0 Å². The van der Waals surface area contributed by atoms with Gasteiger partial charge < -0.3 is 14.5 Å². The lowest BCUT2D eigenvalue weighted by atomic mass is 10.0. The van der Waals surface area contributed by atoms with Gasteiger partial charge in [0.15, 0.2) is 6.10 Å². The summed E-state index contributed by atoms with van der Waals surface area (Å²) >= 11 is 0. The normalized spacial score (nSPS) is 16.9. The molecule has 2 aromatic rings. The Hall–Kier alpha value is -3.37. The molecule has 4 rings (SSSR count). The molecular weight excluding hydrogens is 416 g/mol. The first-order valence-corrected chi connectivity index (χ1v) is 11.5. The molecule has 2 aliphatic heterocycles. The van der Waals surface area contributed by atoms with Crippen molar-refractivity contribution in [3.8, 4) is 11.8 Å². The van der Waals surface area contributed by atoms with Gasteiger partial charge in [-0.25, -0.2) is 0 Å². The Kier molecular flexibility index (Phi) is 6.95. The fourth-order valence-electron chi connectivity index (χ4n) is 4.45. The van der Waals surface area contributed by atoms with E-state index in [1.165, 1.54) is 5.56 Å². The SMILES string of the molecule is CC(C)C(Oc1ccccc1C#N)C(=O)N1CCN(CC(=O)N2CCc3ccccc32)CC1. The number of para-hydroxylation sites is 2. The van der Waals surface area contributed by atoms with Gasteiger partial charge in [0.1, 0.15) is 11.8 Å². The Morgan fingerprint density at radius 2 is 1.70 bits per heavy atom. The third-order valence-electron chi connectivity index (χ3n) is 6.34. The highest BCUT2D eigenvalue weighted by molar-refractivity contribution is 5.96. The Morgan fingerprint density at radius 3 is 2.42 bits per heavy atom. The number of hydrogen-bond donors (Lipinski definition) is 0. The molecule has 2 amide bonds. The summed E-state index contributed by atoms with van der Waals surface area (Å²) in [6.45, 7) is 7.37. The number of ether oxygens (including phenoxy) is 1. The molecule has 1 saturated heterocycles. The first-order valence-electron chi connectivity index (χ1n) is 11.5. The maximum atomic E-state index is 13.2. The Labute approximate surface area is 195 Å². The molecule has 1 fully saturated rings. The van der Waals surface area contributed by atoms with E-state index in [4.69, 9.17) is 4.74 Å². The summed E-state index contributed by atoms with van der Waals surface area (Å²) in [5.74, 6) is 0.426. The largest absolute Gasteiger partial charge is 0.479 e. The molecule has 172 valence electrons. The van der Waals surface area contributed by atoms with Crippen LogP contribution in [-0.4, -0.2) is 67.0 Å². The van der Waals surface area contributed by atoms with E-state index in [0.29, 0.717) is 44.0 Å². The number of amides is 2. The van der Waals surface area contributed by atoms with Crippen molar-refractivity contribution in [3.63, 3.8) is 0 Å². The van der Waals surface area contributed by atoms with Gasteiger partial charge in [0.05, 0.1) is 12.1 Å². The Morgan fingerprint density at radius 1 is 1.00 bits per heavy atom. The number of anilines is 1. The van der Waals surface area contributed by atoms with E-state index >= 15 is 0 Å². The van der Waals surface area contributed by atoms with Crippen molar-refractivity contribution >= 4 is 17.5 Å². The minimum absolute atomic E-state index is 0.0425. The van der Waals surface area contributed by atoms with E-state index in [1.54, 1.807) is 24.3 Å². The summed E-state index contributed by atoms with van der Waals surface area (Å²) in [6, 6.07) is 17.2. The van der Waals surface area contributed by atoms with Crippen molar-refractivity contribution in [1.29, 1.82) is 5.26 Å². The predicted molar refractivity (Wildman–Crippen MR) is 126 cm³/mol. The number of nitrogens with zero attached hydrogens (tertiary/aromatic N) is 4. The van der Waals surface area contributed by atoms with E-state index in [1.807, 2.05) is 41.8 Å². The van der Waals surface area contributed by atoms with Crippen LogP contribution in [0.4, 0.5) is 5.69 Å². The molecule has 0 spiro atoms. The lowest BCUT2D eigenvalue weighted by Gasteiger charge is -2.37. The maximum absolute atomic E-state index is 13.2. The fraction of sp³-hybridized carbons (Fsp3) is 0.423. The van der Waals surface area contributed by atoms with Crippen molar-refractivity contribution in [2.75, 3.05) is 44.2 Å². The molecule has 1 atom stereocenters. The second-order valence-electron chi connectivity index (χ2n) is 8.92. The number of piperazine rings is 1. The second kappa shape index (κ2) is 10.1. The smallest absolute Gasteiger partial charge is 0.264 e. The number of carbonyl (C=O) groups excluding carboxylic acids is 2. The quantitative estimate of drug-likeness (QED) is 0.682. The van der Waals surface area contributed by atoms with Gasteiger partial charge >= 0.3 is 0 Å². The number of carbonyl (C=O) groups is 2. The Balaban J connectivity index is 1.33. The molecule has 0 N–H and O–H groups in total. The first kappa shape index (κ1) is 22.8. The maximum Gasteiger partial charge on any atom is 0.264 e. The number of hydrogen-bond acceptors (Lipinski definition) is 5. The topological polar surface area (TPSA) is 76.9 Å². The minimum Gasteiger partial charge on any atom is -0.479 e. The third-order valence-corrected chi connectivity index (χ3v) is 6.34. The summed E-state index contributed by atoms with van der Waals surface area (Å²) in [4.78, 5) is 32.0. The van der Waals surface area contributed by atoms with Crippen LogP contribution in [0.1, 0.15) is 25.0 Å². The number of rotatable bonds is 6. The van der Waals surface area contributed by atoms with Gasteiger partial charge in [-0.1, -0.05) is 44.2 Å². The van der Waals surface area contributed by atoms with Gasteiger partial charge in [-0.15, -0.1) is 0 Å². The average molecular weight is 447 g/mol.